The molecule has 2 saturated heterocycles. The number of carbonyl (C=O) groups is 1. The summed E-state index contributed by atoms with van der Waals surface area (Å²) in [5.41, 5.74) is 0. The molecule has 2 aliphatic rings. The second-order valence-electron chi connectivity index (χ2n) is 5.99. The van der Waals surface area contributed by atoms with Gasteiger partial charge < -0.3 is 10.0 Å². The summed E-state index contributed by atoms with van der Waals surface area (Å²) >= 11 is 0. The Labute approximate surface area is 127 Å². The van der Waals surface area contributed by atoms with Crippen molar-refractivity contribution in [2.75, 3.05) is 52.4 Å². The standard InChI is InChI=1S/C16H27N3O2/c1-2-7-17-9-11-18(12-10-17)16(21)14-19-8-3-5-15(19)6-4-13-20/h1,15,20H,3-14H2/t15-/m1/s1. The van der Waals surface area contributed by atoms with E-state index in [1.807, 2.05) is 4.90 Å². The molecule has 0 saturated carbocycles. The third-order valence-electron chi connectivity index (χ3n) is 4.57. The number of piperazine rings is 1. The minimum atomic E-state index is 0.242. The van der Waals surface area contributed by atoms with Crippen LogP contribution in [0.4, 0.5) is 0 Å². The van der Waals surface area contributed by atoms with Crippen LogP contribution in [-0.4, -0.2) is 84.2 Å². The molecule has 21 heavy (non-hydrogen) atoms. The lowest BCUT2D eigenvalue weighted by molar-refractivity contribution is -0.134. The van der Waals surface area contributed by atoms with Crippen LogP contribution in [0.25, 0.3) is 0 Å². The van der Waals surface area contributed by atoms with Crippen LogP contribution >= 0.6 is 0 Å². The minimum Gasteiger partial charge on any atom is -0.396 e. The Morgan fingerprint density at radius 1 is 1.24 bits per heavy atom. The maximum atomic E-state index is 12.4. The molecule has 2 rings (SSSR count). The molecule has 5 heteroatoms. The van der Waals surface area contributed by atoms with Crippen LogP contribution in [0.3, 0.4) is 0 Å². The van der Waals surface area contributed by atoms with Crippen molar-refractivity contribution in [1.29, 1.82) is 0 Å². The van der Waals surface area contributed by atoms with Gasteiger partial charge in [-0.2, -0.15) is 0 Å². The first kappa shape index (κ1) is 16.3. The van der Waals surface area contributed by atoms with Crippen molar-refractivity contribution in [2.24, 2.45) is 0 Å². The van der Waals surface area contributed by atoms with Crippen LogP contribution in [-0.2, 0) is 4.79 Å². The van der Waals surface area contributed by atoms with E-state index < -0.39 is 0 Å². The normalized spacial score (nSPS) is 24.2. The fourth-order valence-electron chi connectivity index (χ4n) is 3.32. The number of terminal acetylenes is 1. The molecule has 2 fully saturated rings. The molecule has 0 aromatic carbocycles. The average molecular weight is 293 g/mol. The lowest BCUT2D eigenvalue weighted by Crippen LogP contribution is -2.51. The Balaban J connectivity index is 1.75. The van der Waals surface area contributed by atoms with E-state index in [1.165, 1.54) is 6.42 Å². The second kappa shape index (κ2) is 8.38. The maximum Gasteiger partial charge on any atom is 0.236 e. The molecule has 2 heterocycles. The van der Waals surface area contributed by atoms with E-state index in [0.29, 0.717) is 19.1 Å². The smallest absolute Gasteiger partial charge is 0.236 e. The van der Waals surface area contributed by atoms with Crippen molar-refractivity contribution in [3.8, 4) is 12.3 Å². The van der Waals surface area contributed by atoms with Crippen molar-refractivity contribution >= 4 is 5.91 Å². The van der Waals surface area contributed by atoms with E-state index in [1.54, 1.807) is 0 Å². The number of amides is 1. The van der Waals surface area contributed by atoms with Gasteiger partial charge in [-0.15, -0.1) is 6.42 Å². The largest absolute Gasteiger partial charge is 0.396 e. The fourth-order valence-corrected chi connectivity index (χ4v) is 3.32. The zero-order valence-corrected chi connectivity index (χ0v) is 12.8. The second-order valence-corrected chi connectivity index (χ2v) is 5.99. The quantitative estimate of drug-likeness (QED) is 0.700. The molecular weight excluding hydrogens is 266 g/mol. The van der Waals surface area contributed by atoms with Crippen LogP contribution < -0.4 is 0 Å². The molecule has 1 amide bonds. The summed E-state index contributed by atoms with van der Waals surface area (Å²) in [7, 11) is 0. The molecule has 5 nitrogen and oxygen atoms in total. The monoisotopic (exact) mass is 293 g/mol. The Morgan fingerprint density at radius 3 is 2.67 bits per heavy atom. The SMILES string of the molecule is C#CCN1CCN(C(=O)CN2CCC[C@@H]2CCCO)CC1. The fraction of sp³-hybridized carbons (Fsp3) is 0.812. The third-order valence-corrected chi connectivity index (χ3v) is 4.57. The van der Waals surface area contributed by atoms with Gasteiger partial charge in [0.2, 0.25) is 5.91 Å². The molecule has 0 aliphatic carbocycles. The Morgan fingerprint density at radius 2 is 2.00 bits per heavy atom. The number of carbonyl (C=O) groups excluding carboxylic acids is 1. The van der Waals surface area contributed by atoms with Crippen LogP contribution in [0.5, 0.6) is 0 Å². The van der Waals surface area contributed by atoms with Gasteiger partial charge in [-0.3, -0.25) is 14.6 Å². The number of likely N-dealkylation sites (tertiary alicyclic amines) is 1. The van der Waals surface area contributed by atoms with Gasteiger partial charge in [0, 0.05) is 38.8 Å². The summed E-state index contributed by atoms with van der Waals surface area (Å²) in [6.07, 6.45) is 9.48. The van der Waals surface area contributed by atoms with E-state index in [-0.39, 0.29) is 12.5 Å². The van der Waals surface area contributed by atoms with Crippen molar-refractivity contribution in [1.82, 2.24) is 14.7 Å². The molecule has 0 radical (unpaired) electrons. The van der Waals surface area contributed by atoms with Gasteiger partial charge in [-0.05, 0) is 32.2 Å². The number of aliphatic hydroxyl groups excluding tert-OH is 1. The van der Waals surface area contributed by atoms with Gasteiger partial charge in [0.05, 0.1) is 13.1 Å². The molecule has 1 atom stereocenters. The highest BCUT2D eigenvalue weighted by Gasteiger charge is 2.28. The van der Waals surface area contributed by atoms with E-state index in [4.69, 9.17) is 11.5 Å². The number of hydrogen-bond acceptors (Lipinski definition) is 4. The van der Waals surface area contributed by atoms with E-state index >= 15 is 0 Å². The molecule has 0 bridgehead atoms. The van der Waals surface area contributed by atoms with Crippen molar-refractivity contribution in [2.45, 2.75) is 31.7 Å². The van der Waals surface area contributed by atoms with Gasteiger partial charge in [0.25, 0.3) is 0 Å². The summed E-state index contributed by atoms with van der Waals surface area (Å²) in [5.74, 6) is 2.90. The lowest BCUT2D eigenvalue weighted by Gasteiger charge is -2.35. The number of aliphatic hydroxyl groups is 1. The van der Waals surface area contributed by atoms with E-state index in [0.717, 1.165) is 52.0 Å². The molecule has 0 aromatic rings. The third kappa shape index (κ3) is 4.70. The first-order valence-electron chi connectivity index (χ1n) is 8.03. The van der Waals surface area contributed by atoms with E-state index in [2.05, 4.69) is 15.7 Å². The zero-order valence-electron chi connectivity index (χ0n) is 12.8. The number of hydrogen-bond donors (Lipinski definition) is 1. The summed E-state index contributed by atoms with van der Waals surface area (Å²) in [6.45, 7) is 5.80. The summed E-state index contributed by atoms with van der Waals surface area (Å²) in [6, 6.07) is 0.476. The van der Waals surface area contributed by atoms with Crippen molar-refractivity contribution < 1.29 is 9.90 Å². The van der Waals surface area contributed by atoms with Gasteiger partial charge in [0.15, 0.2) is 0 Å². The zero-order chi connectivity index (χ0) is 15.1. The summed E-state index contributed by atoms with van der Waals surface area (Å²) in [4.78, 5) is 18.9. The Bertz CT molecular complexity index is 372. The highest BCUT2D eigenvalue weighted by atomic mass is 16.3. The predicted molar refractivity (Wildman–Crippen MR) is 82.8 cm³/mol. The average Bonchev–Trinajstić information content (AvgIpc) is 2.93. The Kier molecular flexibility index (Phi) is 6.50. The topological polar surface area (TPSA) is 47.0 Å². The van der Waals surface area contributed by atoms with Gasteiger partial charge >= 0.3 is 0 Å². The van der Waals surface area contributed by atoms with Gasteiger partial charge in [-0.25, -0.2) is 0 Å². The molecule has 2 aliphatic heterocycles. The van der Waals surface area contributed by atoms with Gasteiger partial charge in [-0.1, -0.05) is 5.92 Å². The maximum absolute atomic E-state index is 12.4. The van der Waals surface area contributed by atoms with Crippen molar-refractivity contribution in [3.63, 3.8) is 0 Å². The molecule has 0 unspecified atom stereocenters. The number of nitrogens with zero attached hydrogens (tertiary/aromatic N) is 3. The Hall–Kier alpha value is -1.09. The summed E-state index contributed by atoms with van der Waals surface area (Å²) in [5, 5.41) is 8.95. The molecule has 1 N–H and O–H groups in total. The van der Waals surface area contributed by atoms with Gasteiger partial charge in [0.1, 0.15) is 0 Å². The minimum absolute atomic E-state index is 0.242. The van der Waals surface area contributed by atoms with Crippen LogP contribution in [0, 0.1) is 12.3 Å². The summed E-state index contributed by atoms with van der Waals surface area (Å²) < 4.78 is 0. The first-order valence-corrected chi connectivity index (χ1v) is 8.03. The molecule has 118 valence electrons. The van der Waals surface area contributed by atoms with Crippen molar-refractivity contribution in [3.05, 3.63) is 0 Å². The predicted octanol–water partition coefficient (Wildman–Crippen LogP) is 0.000700. The highest BCUT2D eigenvalue weighted by Crippen LogP contribution is 2.21. The highest BCUT2D eigenvalue weighted by molar-refractivity contribution is 5.78. The van der Waals surface area contributed by atoms with Crippen LogP contribution in [0.1, 0.15) is 25.7 Å². The van der Waals surface area contributed by atoms with E-state index in [9.17, 15) is 4.79 Å². The van der Waals surface area contributed by atoms with Crippen LogP contribution in [0.2, 0.25) is 0 Å². The first-order chi connectivity index (χ1) is 10.2. The van der Waals surface area contributed by atoms with Crippen LogP contribution in [0.15, 0.2) is 0 Å². The number of rotatable bonds is 6. The molecule has 0 aromatic heterocycles. The molecular formula is C16H27N3O2. The lowest BCUT2D eigenvalue weighted by atomic mass is 10.1. The molecule has 0 spiro atoms.